The van der Waals surface area contributed by atoms with E-state index in [1.807, 2.05) is 23.8 Å². The molecule has 2 rings (SSSR count). The fourth-order valence-electron chi connectivity index (χ4n) is 1.53. The molecule has 2 aromatic rings. The molecule has 2 heterocycles. The summed E-state index contributed by atoms with van der Waals surface area (Å²) in [4.78, 5) is 13.0. The van der Waals surface area contributed by atoms with Crippen LogP contribution in [0.5, 0.6) is 0 Å². The van der Waals surface area contributed by atoms with E-state index in [0.29, 0.717) is 4.73 Å². The van der Waals surface area contributed by atoms with Crippen molar-refractivity contribution in [1.82, 2.24) is 19.5 Å². The average Bonchev–Trinajstić information content (AvgIpc) is 2.62. The van der Waals surface area contributed by atoms with E-state index in [4.69, 9.17) is 0 Å². The molecule has 0 saturated heterocycles. The van der Waals surface area contributed by atoms with Gasteiger partial charge in [0.05, 0.1) is 5.69 Å². The summed E-state index contributed by atoms with van der Waals surface area (Å²) in [6.45, 7) is 8.34. The summed E-state index contributed by atoms with van der Waals surface area (Å²) < 4.78 is 2.55. The number of aryl methyl sites for hydroxylation is 1. The number of hydrogen-bond donors (Lipinski definition) is 0. The molecule has 0 amide bonds. The van der Waals surface area contributed by atoms with Gasteiger partial charge in [0.25, 0.3) is 0 Å². The molecule has 0 atom stereocenters. The van der Waals surface area contributed by atoms with E-state index in [1.165, 1.54) is 0 Å². The summed E-state index contributed by atoms with van der Waals surface area (Å²) in [7, 11) is 0. The second kappa shape index (κ2) is 4.22. The third-order valence-corrected chi connectivity index (χ3v) is 2.88. The van der Waals surface area contributed by atoms with Gasteiger partial charge in [-0.1, -0.05) is 20.8 Å². The van der Waals surface area contributed by atoms with Gasteiger partial charge < -0.3 is 0 Å². The van der Waals surface area contributed by atoms with Gasteiger partial charge in [0.1, 0.15) is 11.6 Å². The lowest BCUT2D eigenvalue weighted by atomic mass is 9.92. The van der Waals surface area contributed by atoms with Crippen LogP contribution in [0.3, 0.4) is 0 Å². The van der Waals surface area contributed by atoms with Crippen LogP contribution in [0.4, 0.5) is 0 Å². The first-order valence-electron chi connectivity index (χ1n) is 5.43. The van der Waals surface area contributed by atoms with Crippen molar-refractivity contribution in [3.8, 4) is 5.82 Å². The number of hydrogen-bond acceptors (Lipinski definition) is 3. The first-order chi connectivity index (χ1) is 7.88. The van der Waals surface area contributed by atoms with Crippen LogP contribution in [0.15, 0.2) is 23.2 Å². The van der Waals surface area contributed by atoms with Crippen molar-refractivity contribution in [3.63, 3.8) is 0 Å². The minimum atomic E-state index is -0.00526. The highest BCUT2D eigenvalue weighted by atomic mass is 79.9. The number of halogens is 1. The predicted octanol–water partition coefficient (Wildman–Crippen LogP) is 3.03. The van der Waals surface area contributed by atoms with Gasteiger partial charge in [-0.25, -0.2) is 15.0 Å². The van der Waals surface area contributed by atoms with Crippen LogP contribution >= 0.6 is 15.9 Å². The van der Waals surface area contributed by atoms with E-state index >= 15 is 0 Å². The number of aromatic nitrogens is 4. The number of rotatable bonds is 1. The highest BCUT2D eigenvalue weighted by Crippen LogP contribution is 2.23. The molecule has 0 saturated carbocycles. The van der Waals surface area contributed by atoms with Crippen LogP contribution in [-0.2, 0) is 5.41 Å². The van der Waals surface area contributed by atoms with Crippen molar-refractivity contribution in [2.45, 2.75) is 33.1 Å². The van der Waals surface area contributed by atoms with Gasteiger partial charge in [0, 0.05) is 23.9 Å². The monoisotopic (exact) mass is 294 g/mol. The molecule has 2 aromatic heterocycles. The van der Waals surface area contributed by atoms with Gasteiger partial charge >= 0.3 is 0 Å². The summed E-state index contributed by atoms with van der Waals surface area (Å²) in [5.41, 5.74) is 0.997. The molecule has 0 aliphatic carbocycles. The maximum absolute atomic E-state index is 4.42. The fraction of sp³-hybridized carbons (Fsp3) is 0.417. The lowest BCUT2D eigenvalue weighted by Gasteiger charge is -2.18. The topological polar surface area (TPSA) is 43.6 Å². The SMILES string of the molecule is Cc1nccn1-c1cc(C(C)(C)C)nc(Br)n1. The zero-order valence-corrected chi connectivity index (χ0v) is 12.0. The third kappa shape index (κ3) is 2.54. The largest absolute Gasteiger partial charge is 0.288 e. The van der Waals surface area contributed by atoms with Crippen molar-refractivity contribution >= 4 is 15.9 Å². The van der Waals surface area contributed by atoms with Gasteiger partial charge in [-0.2, -0.15) is 0 Å². The Balaban J connectivity index is 2.57. The van der Waals surface area contributed by atoms with Crippen molar-refractivity contribution in [1.29, 1.82) is 0 Å². The first kappa shape index (κ1) is 12.2. The highest BCUT2D eigenvalue weighted by Gasteiger charge is 2.18. The van der Waals surface area contributed by atoms with Crippen molar-refractivity contribution < 1.29 is 0 Å². The van der Waals surface area contributed by atoms with Crippen LogP contribution in [0.25, 0.3) is 5.82 Å². The number of nitrogens with zero attached hydrogens (tertiary/aromatic N) is 4. The van der Waals surface area contributed by atoms with E-state index in [1.54, 1.807) is 6.20 Å². The Bertz CT molecular complexity index is 540. The molecule has 90 valence electrons. The molecule has 0 radical (unpaired) electrons. The summed E-state index contributed by atoms with van der Waals surface area (Å²) in [5, 5.41) is 0. The zero-order chi connectivity index (χ0) is 12.6. The Kier molecular flexibility index (Phi) is 3.03. The van der Waals surface area contributed by atoms with Crippen LogP contribution < -0.4 is 0 Å². The molecule has 17 heavy (non-hydrogen) atoms. The summed E-state index contributed by atoms with van der Waals surface area (Å²) in [6, 6.07) is 2.00. The van der Waals surface area contributed by atoms with Crippen LogP contribution in [-0.4, -0.2) is 19.5 Å². The minimum Gasteiger partial charge on any atom is -0.288 e. The molecule has 4 nitrogen and oxygen atoms in total. The Labute approximate surface area is 109 Å². The lowest BCUT2D eigenvalue weighted by Crippen LogP contribution is -2.15. The molecule has 0 bridgehead atoms. The smallest absolute Gasteiger partial charge is 0.198 e. The lowest BCUT2D eigenvalue weighted by molar-refractivity contribution is 0.563. The molecule has 0 N–H and O–H groups in total. The van der Waals surface area contributed by atoms with Gasteiger partial charge in [0.2, 0.25) is 0 Å². The van der Waals surface area contributed by atoms with Gasteiger partial charge in [-0.15, -0.1) is 0 Å². The van der Waals surface area contributed by atoms with E-state index in [9.17, 15) is 0 Å². The molecular weight excluding hydrogens is 280 g/mol. The van der Waals surface area contributed by atoms with Crippen LogP contribution in [0.1, 0.15) is 32.3 Å². The predicted molar refractivity (Wildman–Crippen MR) is 70.3 cm³/mol. The maximum atomic E-state index is 4.42. The maximum Gasteiger partial charge on any atom is 0.198 e. The van der Waals surface area contributed by atoms with Gasteiger partial charge in [0.15, 0.2) is 4.73 Å². The summed E-state index contributed by atoms with van der Waals surface area (Å²) in [5.74, 6) is 1.75. The molecule has 0 unspecified atom stereocenters. The Morgan fingerprint density at radius 3 is 2.47 bits per heavy atom. The van der Waals surface area contributed by atoms with E-state index in [2.05, 4.69) is 51.7 Å². The Morgan fingerprint density at radius 2 is 1.94 bits per heavy atom. The van der Waals surface area contributed by atoms with Gasteiger partial charge in [-0.3, -0.25) is 4.57 Å². The Hall–Kier alpha value is -1.23. The minimum absolute atomic E-state index is 0.00526. The van der Waals surface area contributed by atoms with E-state index in [0.717, 1.165) is 17.3 Å². The van der Waals surface area contributed by atoms with E-state index < -0.39 is 0 Å². The Morgan fingerprint density at radius 1 is 1.24 bits per heavy atom. The quantitative estimate of drug-likeness (QED) is 0.760. The van der Waals surface area contributed by atoms with Crippen molar-refractivity contribution in [2.75, 3.05) is 0 Å². The molecular formula is C12H15BrN4. The van der Waals surface area contributed by atoms with Crippen molar-refractivity contribution in [2.24, 2.45) is 0 Å². The standard InChI is InChI=1S/C12H15BrN4/c1-8-14-5-6-17(8)10-7-9(12(2,3)4)15-11(13)16-10/h5-7H,1-4H3. The van der Waals surface area contributed by atoms with Crippen molar-refractivity contribution in [3.05, 3.63) is 34.7 Å². The van der Waals surface area contributed by atoms with Crippen LogP contribution in [0, 0.1) is 6.92 Å². The molecule has 0 spiro atoms. The molecule has 0 aliphatic rings. The highest BCUT2D eigenvalue weighted by molar-refractivity contribution is 9.10. The molecule has 0 fully saturated rings. The molecule has 5 heteroatoms. The average molecular weight is 295 g/mol. The van der Waals surface area contributed by atoms with E-state index in [-0.39, 0.29) is 5.41 Å². The van der Waals surface area contributed by atoms with Crippen LogP contribution in [0.2, 0.25) is 0 Å². The second-order valence-corrected chi connectivity index (χ2v) is 5.68. The summed E-state index contributed by atoms with van der Waals surface area (Å²) >= 11 is 3.36. The van der Waals surface area contributed by atoms with Gasteiger partial charge in [-0.05, 0) is 22.9 Å². The fourth-order valence-corrected chi connectivity index (χ4v) is 1.91. The molecule has 0 aliphatic heterocycles. The zero-order valence-electron chi connectivity index (χ0n) is 10.4. The second-order valence-electron chi connectivity index (χ2n) is 4.97. The normalized spacial score (nSPS) is 11.8. The number of imidazole rings is 1. The molecule has 0 aromatic carbocycles. The third-order valence-electron chi connectivity index (χ3n) is 2.53. The first-order valence-corrected chi connectivity index (χ1v) is 6.22. The summed E-state index contributed by atoms with van der Waals surface area (Å²) in [6.07, 6.45) is 3.67.